The van der Waals surface area contributed by atoms with Crippen LogP contribution >= 0.6 is 11.3 Å². The summed E-state index contributed by atoms with van der Waals surface area (Å²) in [4.78, 5) is 22.2. The largest absolute Gasteiger partial charge is 0.352 e. The average molecular weight is 290 g/mol. The molecule has 0 aliphatic heterocycles. The third-order valence-corrected chi connectivity index (χ3v) is 3.67. The number of carbonyl (C=O) groups excluding carboxylic acids is 1. The van der Waals surface area contributed by atoms with Gasteiger partial charge in [0.25, 0.3) is 11.6 Å². The molecule has 5 nitrogen and oxygen atoms in total. The molecule has 1 amide bonds. The number of amides is 1. The number of thiophene rings is 1. The Kier molecular flexibility index (Phi) is 4.47. The molecule has 0 unspecified atom stereocenters. The second-order valence-electron chi connectivity index (χ2n) is 4.40. The Labute approximate surface area is 120 Å². The highest BCUT2D eigenvalue weighted by molar-refractivity contribution is 7.07. The van der Waals surface area contributed by atoms with Crippen LogP contribution in [0.1, 0.15) is 21.5 Å². The normalized spacial score (nSPS) is 10.2. The smallest absolute Gasteiger partial charge is 0.272 e. The van der Waals surface area contributed by atoms with E-state index in [0.717, 1.165) is 6.42 Å². The van der Waals surface area contributed by atoms with Crippen molar-refractivity contribution in [3.8, 4) is 0 Å². The predicted octanol–water partition coefficient (Wildman–Crippen LogP) is 2.94. The maximum absolute atomic E-state index is 11.9. The molecule has 0 bridgehead atoms. The maximum Gasteiger partial charge on any atom is 0.272 e. The van der Waals surface area contributed by atoms with Gasteiger partial charge in [-0.25, -0.2) is 0 Å². The van der Waals surface area contributed by atoms with Gasteiger partial charge in [-0.2, -0.15) is 11.3 Å². The number of nitrogens with one attached hydrogen (secondary N) is 1. The van der Waals surface area contributed by atoms with Crippen LogP contribution in [0, 0.1) is 17.0 Å². The fourth-order valence-electron chi connectivity index (χ4n) is 1.86. The van der Waals surface area contributed by atoms with Crippen molar-refractivity contribution in [2.75, 3.05) is 6.54 Å². The van der Waals surface area contributed by atoms with Gasteiger partial charge in [0.1, 0.15) is 0 Å². The van der Waals surface area contributed by atoms with Crippen molar-refractivity contribution in [2.24, 2.45) is 0 Å². The highest BCUT2D eigenvalue weighted by Gasteiger charge is 2.13. The number of nitro benzene ring substituents is 1. The van der Waals surface area contributed by atoms with Gasteiger partial charge in [-0.15, -0.1) is 0 Å². The lowest BCUT2D eigenvalue weighted by Gasteiger charge is -2.05. The highest BCUT2D eigenvalue weighted by atomic mass is 32.1. The molecule has 1 heterocycles. The van der Waals surface area contributed by atoms with Crippen LogP contribution in [-0.2, 0) is 6.42 Å². The lowest BCUT2D eigenvalue weighted by Crippen LogP contribution is -2.25. The molecule has 1 aromatic carbocycles. The number of aryl methyl sites for hydroxylation is 1. The van der Waals surface area contributed by atoms with E-state index in [-0.39, 0.29) is 11.6 Å². The summed E-state index contributed by atoms with van der Waals surface area (Å²) in [5.74, 6) is -0.210. The van der Waals surface area contributed by atoms with Gasteiger partial charge in [-0.05, 0) is 47.9 Å². The zero-order valence-electron chi connectivity index (χ0n) is 11.0. The van der Waals surface area contributed by atoms with Gasteiger partial charge in [0, 0.05) is 23.7 Å². The first-order valence-corrected chi connectivity index (χ1v) is 7.06. The molecule has 0 radical (unpaired) electrons. The molecule has 2 aromatic rings. The van der Waals surface area contributed by atoms with E-state index in [1.807, 2.05) is 16.8 Å². The minimum atomic E-state index is -0.451. The molecular formula is C14H14N2O3S. The Morgan fingerprint density at radius 3 is 2.80 bits per heavy atom. The molecule has 0 fully saturated rings. The van der Waals surface area contributed by atoms with Gasteiger partial charge in [0.2, 0.25) is 0 Å². The Hall–Kier alpha value is -2.21. The van der Waals surface area contributed by atoms with Crippen molar-refractivity contribution in [2.45, 2.75) is 13.3 Å². The van der Waals surface area contributed by atoms with Crippen LogP contribution in [0.4, 0.5) is 5.69 Å². The van der Waals surface area contributed by atoms with E-state index in [4.69, 9.17) is 0 Å². The number of nitro groups is 1. The topological polar surface area (TPSA) is 72.2 Å². The zero-order valence-corrected chi connectivity index (χ0v) is 11.8. The van der Waals surface area contributed by atoms with Crippen LogP contribution in [0.15, 0.2) is 35.0 Å². The second-order valence-corrected chi connectivity index (χ2v) is 5.18. The van der Waals surface area contributed by atoms with Gasteiger partial charge < -0.3 is 5.32 Å². The summed E-state index contributed by atoms with van der Waals surface area (Å²) in [6, 6.07) is 6.40. The lowest BCUT2D eigenvalue weighted by molar-refractivity contribution is -0.385. The van der Waals surface area contributed by atoms with Crippen LogP contribution in [0.3, 0.4) is 0 Å². The molecule has 1 N–H and O–H groups in total. The molecule has 104 valence electrons. The second kappa shape index (κ2) is 6.29. The number of nitrogens with zero attached hydrogens (tertiary/aromatic N) is 1. The Morgan fingerprint density at radius 1 is 1.40 bits per heavy atom. The SMILES string of the molecule is Cc1cc(C(=O)NCCc2ccsc2)ccc1[N+](=O)[O-]. The number of rotatable bonds is 5. The molecule has 0 saturated heterocycles. The summed E-state index contributed by atoms with van der Waals surface area (Å²) in [6.07, 6.45) is 0.779. The Balaban J connectivity index is 1.95. The van der Waals surface area contributed by atoms with Crippen LogP contribution in [0.25, 0.3) is 0 Å². The first-order valence-electron chi connectivity index (χ1n) is 6.12. The van der Waals surface area contributed by atoms with Crippen LogP contribution in [0.2, 0.25) is 0 Å². The van der Waals surface area contributed by atoms with E-state index in [1.165, 1.54) is 23.8 Å². The summed E-state index contributed by atoms with van der Waals surface area (Å²) in [6.45, 7) is 2.17. The highest BCUT2D eigenvalue weighted by Crippen LogP contribution is 2.18. The first-order chi connectivity index (χ1) is 9.58. The summed E-state index contributed by atoms with van der Waals surface area (Å²) < 4.78 is 0. The van der Waals surface area contributed by atoms with Crippen molar-refractivity contribution in [3.63, 3.8) is 0 Å². The number of hydrogen-bond donors (Lipinski definition) is 1. The molecule has 0 aliphatic carbocycles. The fraction of sp³-hybridized carbons (Fsp3) is 0.214. The maximum atomic E-state index is 11.9. The van der Waals surface area contributed by atoms with E-state index in [9.17, 15) is 14.9 Å². The Bertz CT molecular complexity index is 623. The van der Waals surface area contributed by atoms with Crippen molar-refractivity contribution < 1.29 is 9.72 Å². The number of benzene rings is 1. The van der Waals surface area contributed by atoms with Crippen molar-refractivity contribution in [1.82, 2.24) is 5.32 Å². The predicted molar refractivity (Wildman–Crippen MR) is 78.2 cm³/mol. The monoisotopic (exact) mass is 290 g/mol. The molecule has 2 rings (SSSR count). The summed E-state index contributed by atoms with van der Waals surface area (Å²) >= 11 is 1.62. The summed E-state index contributed by atoms with van der Waals surface area (Å²) in [7, 11) is 0. The van der Waals surface area contributed by atoms with E-state index in [0.29, 0.717) is 17.7 Å². The molecule has 0 saturated carbocycles. The number of hydrogen-bond acceptors (Lipinski definition) is 4. The van der Waals surface area contributed by atoms with E-state index < -0.39 is 4.92 Å². The van der Waals surface area contributed by atoms with Gasteiger partial charge >= 0.3 is 0 Å². The molecule has 6 heteroatoms. The van der Waals surface area contributed by atoms with Gasteiger partial charge in [0.15, 0.2) is 0 Å². The van der Waals surface area contributed by atoms with Crippen LogP contribution < -0.4 is 5.32 Å². The average Bonchev–Trinajstić information content (AvgIpc) is 2.91. The molecule has 0 spiro atoms. The quantitative estimate of drug-likeness (QED) is 0.679. The molecule has 1 aromatic heterocycles. The van der Waals surface area contributed by atoms with Crippen LogP contribution in [-0.4, -0.2) is 17.4 Å². The van der Waals surface area contributed by atoms with Gasteiger partial charge in [0.05, 0.1) is 4.92 Å². The minimum Gasteiger partial charge on any atom is -0.352 e. The van der Waals surface area contributed by atoms with E-state index in [1.54, 1.807) is 18.3 Å². The summed E-state index contributed by atoms with van der Waals surface area (Å²) in [5.41, 5.74) is 2.15. The van der Waals surface area contributed by atoms with Gasteiger partial charge in [-0.1, -0.05) is 0 Å². The first kappa shape index (κ1) is 14.2. The molecule has 20 heavy (non-hydrogen) atoms. The molecule has 0 atom stereocenters. The standard InChI is InChI=1S/C14H14N2O3S/c1-10-8-12(2-3-13(10)16(18)19)14(17)15-6-4-11-5-7-20-9-11/h2-3,5,7-9H,4,6H2,1H3,(H,15,17). The minimum absolute atomic E-state index is 0.0276. The van der Waals surface area contributed by atoms with Crippen LogP contribution in [0.5, 0.6) is 0 Å². The zero-order chi connectivity index (χ0) is 14.5. The fourth-order valence-corrected chi connectivity index (χ4v) is 2.56. The van der Waals surface area contributed by atoms with Crippen molar-refractivity contribution in [3.05, 3.63) is 61.8 Å². The third-order valence-electron chi connectivity index (χ3n) is 2.94. The number of carbonyl (C=O) groups is 1. The molecular weight excluding hydrogens is 276 g/mol. The van der Waals surface area contributed by atoms with Crippen molar-refractivity contribution in [1.29, 1.82) is 0 Å². The summed E-state index contributed by atoms with van der Waals surface area (Å²) in [5, 5.41) is 17.6. The molecule has 0 aliphatic rings. The van der Waals surface area contributed by atoms with E-state index in [2.05, 4.69) is 5.32 Å². The Morgan fingerprint density at radius 2 is 2.20 bits per heavy atom. The third kappa shape index (κ3) is 3.42. The van der Waals surface area contributed by atoms with E-state index >= 15 is 0 Å². The lowest BCUT2D eigenvalue weighted by atomic mass is 10.1. The van der Waals surface area contributed by atoms with Crippen molar-refractivity contribution >= 4 is 22.9 Å². The van der Waals surface area contributed by atoms with Gasteiger partial charge in [-0.3, -0.25) is 14.9 Å².